The van der Waals surface area contributed by atoms with E-state index in [4.69, 9.17) is 0 Å². The molecule has 0 aliphatic rings. The van der Waals surface area contributed by atoms with E-state index in [2.05, 4.69) is 10.3 Å². The fraction of sp³-hybridized carbons (Fsp3) is 0.167. The molecular formula is C18H17N3O2. The fourth-order valence-corrected chi connectivity index (χ4v) is 2.47. The van der Waals surface area contributed by atoms with Crippen LogP contribution in [0, 0.1) is 0 Å². The third-order valence-electron chi connectivity index (χ3n) is 3.69. The molecule has 3 aromatic rings. The van der Waals surface area contributed by atoms with Crippen LogP contribution in [0.1, 0.15) is 30.2 Å². The third-order valence-corrected chi connectivity index (χ3v) is 3.69. The van der Waals surface area contributed by atoms with Crippen molar-refractivity contribution in [2.75, 3.05) is 5.32 Å². The number of nitrogens with one attached hydrogen (secondary N) is 1. The van der Waals surface area contributed by atoms with Gasteiger partial charge in [-0.1, -0.05) is 12.1 Å². The highest BCUT2D eigenvalue weighted by molar-refractivity contribution is 6.08. The molecule has 0 saturated carbocycles. The predicted octanol–water partition coefficient (Wildman–Crippen LogP) is 3.23. The highest BCUT2D eigenvalue weighted by Gasteiger charge is 2.11. The standard InChI is InChI=1S/C18H17N3O2/c1-12(2)21-11-14(6-7-17(21)22)18(23)20-16-5-3-4-13-10-19-9-8-15(13)16/h3-12H,1-2H3,(H,20,23). The summed E-state index contributed by atoms with van der Waals surface area (Å²) in [5.74, 6) is -0.247. The van der Waals surface area contributed by atoms with Crippen LogP contribution in [-0.2, 0) is 0 Å². The molecule has 0 fully saturated rings. The van der Waals surface area contributed by atoms with Crippen LogP contribution in [0.4, 0.5) is 5.69 Å². The summed E-state index contributed by atoms with van der Waals surface area (Å²) in [4.78, 5) is 28.4. The van der Waals surface area contributed by atoms with Crippen LogP contribution < -0.4 is 10.9 Å². The predicted molar refractivity (Wildman–Crippen MR) is 90.8 cm³/mol. The molecule has 0 radical (unpaired) electrons. The van der Waals surface area contributed by atoms with Gasteiger partial charge in [0, 0.05) is 47.2 Å². The van der Waals surface area contributed by atoms with Crippen molar-refractivity contribution < 1.29 is 4.79 Å². The molecule has 0 bridgehead atoms. The highest BCUT2D eigenvalue weighted by atomic mass is 16.2. The number of carbonyl (C=O) groups is 1. The van der Waals surface area contributed by atoms with Crippen molar-refractivity contribution in [3.8, 4) is 0 Å². The first-order valence-corrected chi connectivity index (χ1v) is 7.42. The number of hydrogen-bond donors (Lipinski definition) is 1. The first-order valence-electron chi connectivity index (χ1n) is 7.42. The lowest BCUT2D eigenvalue weighted by Gasteiger charge is -2.12. The van der Waals surface area contributed by atoms with Gasteiger partial charge >= 0.3 is 0 Å². The number of fused-ring (bicyclic) bond motifs is 1. The fourth-order valence-electron chi connectivity index (χ4n) is 2.47. The smallest absolute Gasteiger partial charge is 0.257 e. The van der Waals surface area contributed by atoms with Gasteiger partial charge in [0.2, 0.25) is 0 Å². The molecule has 0 atom stereocenters. The summed E-state index contributed by atoms with van der Waals surface area (Å²) in [6.07, 6.45) is 5.04. The van der Waals surface area contributed by atoms with E-state index in [0.29, 0.717) is 5.56 Å². The van der Waals surface area contributed by atoms with Gasteiger partial charge in [0.05, 0.1) is 5.56 Å². The minimum atomic E-state index is -0.247. The quantitative estimate of drug-likeness (QED) is 0.808. The van der Waals surface area contributed by atoms with Crippen LogP contribution in [0.3, 0.4) is 0 Å². The van der Waals surface area contributed by atoms with Crippen molar-refractivity contribution >= 4 is 22.4 Å². The van der Waals surface area contributed by atoms with Gasteiger partial charge < -0.3 is 9.88 Å². The van der Waals surface area contributed by atoms with Crippen molar-refractivity contribution in [2.45, 2.75) is 19.9 Å². The molecule has 1 N–H and O–H groups in total. The Bertz CT molecular complexity index is 923. The summed E-state index contributed by atoms with van der Waals surface area (Å²) >= 11 is 0. The normalized spacial score (nSPS) is 10.9. The van der Waals surface area contributed by atoms with Gasteiger partial charge in [0.25, 0.3) is 11.5 Å². The minimum Gasteiger partial charge on any atom is -0.321 e. The van der Waals surface area contributed by atoms with E-state index in [1.54, 1.807) is 29.2 Å². The lowest BCUT2D eigenvalue weighted by molar-refractivity contribution is 0.102. The summed E-state index contributed by atoms with van der Waals surface area (Å²) in [5, 5.41) is 4.78. The third kappa shape index (κ3) is 2.99. The van der Waals surface area contributed by atoms with Crippen LogP contribution in [0.25, 0.3) is 10.8 Å². The number of rotatable bonds is 3. The summed E-state index contributed by atoms with van der Waals surface area (Å²) in [7, 11) is 0. The molecule has 2 aromatic heterocycles. The summed E-state index contributed by atoms with van der Waals surface area (Å²) in [5.41, 5.74) is 1.05. The van der Waals surface area contributed by atoms with E-state index < -0.39 is 0 Å². The van der Waals surface area contributed by atoms with Crippen LogP contribution in [-0.4, -0.2) is 15.5 Å². The molecule has 2 heterocycles. The molecule has 1 aromatic carbocycles. The van der Waals surface area contributed by atoms with Crippen molar-refractivity contribution in [3.05, 3.63) is 70.9 Å². The van der Waals surface area contributed by atoms with E-state index in [1.807, 2.05) is 38.1 Å². The van der Waals surface area contributed by atoms with E-state index >= 15 is 0 Å². The highest BCUT2D eigenvalue weighted by Crippen LogP contribution is 2.22. The van der Waals surface area contributed by atoms with Crippen molar-refractivity contribution in [1.29, 1.82) is 0 Å². The van der Waals surface area contributed by atoms with Gasteiger partial charge in [-0.05, 0) is 32.0 Å². The van der Waals surface area contributed by atoms with Crippen molar-refractivity contribution in [3.63, 3.8) is 0 Å². The summed E-state index contributed by atoms with van der Waals surface area (Å²) in [6.45, 7) is 3.81. The second-order valence-corrected chi connectivity index (χ2v) is 5.61. The number of hydrogen-bond acceptors (Lipinski definition) is 3. The van der Waals surface area contributed by atoms with Crippen molar-refractivity contribution in [2.24, 2.45) is 0 Å². The van der Waals surface area contributed by atoms with Gasteiger partial charge in [-0.3, -0.25) is 14.6 Å². The Morgan fingerprint density at radius 1 is 1.17 bits per heavy atom. The van der Waals surface area contributed by atoms with Crippen LogP contribution in [0.15, 0.2) is 59.8 Å². The van der Waals surface area contributed by atoms with E-state index in [9.17, 15) is 9.59 Å². The van der Waals surface area contributed by atoms with Gasteiger partial charge in [-0.2, -0.15) is 0 Å². The first-order chi connectivity index (χ1) is 11.1. The molecule has 116 valence electrons. The SMILES string of the molecule is CC(C)n1cc(C(=O)Nc2cccc3cnccc23)ccc1=O. The molecule has 0 aliphatic heterocycles. The Hall–Kier alpha value is -2.95. The van der Waals surface area contributed by atoms with Crippen LogP contribution in [0.5, 0.6) is 0 Å². The average Bonchev–Trinajstić information content (AvgIpc) is 2.55. The van der Waals surface area contributed by atoms with Gasteiger partial charge in [0.15, 0.2) is 0 Å². The second-order valence-electron chi connectivity index (χ2n) is 5.61. The van der Waals surface area contributed by atoms with E-state index in [1.165, 1.54) is 6.07 Å². The maximum Gasteiger partial charge on any atom is 0.257 e. The number of pyridine rings is 2. The molecule has 5 heteroatoms. The molecule has 23 heavy (non-hydrogen) atoms. The van der Waals surface area contributed by atoms with Crippen LogP contribution >= 0.6 is 0 Å². The van der Waals surface area contributed by atoms with E-state index in [-0.39, 0.29) is 17.5 Å². The lowest BCUT2D eigenvalue weighted by atomic mass is 10.1. The lowest BCUT2D eigenvalue weighted by Crippen LogP contribution is -2.23. The molecule has 0 aliphatic carbocycles. The zero-order valence-electron chi connectivity index (χ0n) is 13.0. The molecule has 0 unspecified atom stereocenters. The van der Waals surface area contributed by atoms with Crippen molar-refractivity contribution in [1.82, 2.24) is 9.55 Å². The zero-order valence-corrected chi connectivity index (χ0v) is 13.0. The van der Waals surface area contributed by atoms with E-state index in [0.717, 1.165) is 16.5 Å². The number of amides is 1. The average molecular weight is 307 g/mol. The minimum absolute atomic E-state index is 0.00104. The molecule has 5 nitrogen and oxygen atoms in total. The Morgan fingerprint density at radius 3 is 2.78 bits per heavy atom. The van der Waals surface area contributed by atoms with Gasteiger partial charge in [-0.15, -0.1) is 0 Å². The topological polar surface area (TPSA) is 64.0 Å². The first kappa shape index (κ1) is 15.0. The Balaban J connectivity index is 1.95. The Kier molecular flexibility index (Phi) is 3.93. The molecule has 1 amide bonds. The number of benzene rings is 1. The molecule has 0 saturated heterocycles. The Labute approximate surface area is 133 Å². The Morgan fingerprint density at radius 2 is 2.00 bits per heavy atom. The number of nitrogens with zero attached hydrogens (tertiary/aromatic N) is 2. The van der Waals surface area contributed by atoms with Gasteiger partial charge in [0.1, 0.15) is 0 Å². The second kappa shape index (κ2) is 6.04. The number of anilines is 1. The maximum absolute atomic E-state index is 12.5. The molecule has 3 rings (SSSR count). The summed E-state index contributed by atoms with van der Waals surface area (Å²) in [6, 6.07) is 10.5. The van der Waals surface area contributed by atoms with Gasteiger partial charge in [-0.25, -0.2) is 0 Å². The molecule has 0 spiro atoms. The summed E-state index contributed by atoms with van der Waals surface area (Å²) < 4.78 is 1.54. The molecular weight excluding hydrogens is 290 g/mol. The number of aromatic nitrogens is 2. The zero-order chi connectivity index (χ0) is 16.4. The monoisotopic (exact) mass is 307 g/mol. The van der Waals surface area contributed by atoms with Crippen LogP contribution in [0.2, 0.25) is 0 Å². The number of carbonyl (C=O) groups excluding carboxylic acids is 1. The maximum atomic E-state index is 12.5. The largest absolute Gasteiger partial charge is 0.321 e.